The summed E-state index contributed by atoms with van der Waals surface area (Å²) in [4.78, 5) is 0. The Labute approximate surface area is 151 Å². The summed E-state index contributed by atoms with van der Waals surface area (Å²) in [7, 11) is 0. The van der Waals surface area contributed by atoms with Crippen molar-refractivity contribution in [2.75, 3.05) is 0 Å². The van der Waals surface area contributed by atoms with Crippen LogP contribution in [0.1, 0.15) is 110 Å². The Balaban J connectivity index is 1.35. The third-order valence-electron chi connectivity index (χ3n) is 7.94. The van der Waals surface area contributed by atoms with Crippen LogP contribution in [0.25, 0.3) is 0 Å². The van der Waals surface area contributed by atoms with Gasteiger partial charge in [0, 0.05) is 0 Å². The minimum Gasteiger partial charge on any atom is -0.393 e. The van der Waals surface area contributed by atoms with Crippen molar-refractivity contribution < 1.29 is 5.11 Å². The van der Waals surface area contributed by atoms with Gasteiger partial charge in [-0.15, -0.1) is 0 Å². The van der Waals surface area contributed by atoms with Crippen LogP contribution in [0.2, 0.25) is 0 Å². The van der Waals surface area contributed by atoms with E-state index in [-0.39, 0.29) is 6.10 Å². The molecule has 0 bridgehead atoms. The maximum Gasteiger partial charge on any atom is 0.0543 e. The van der Waals surface area contributed by atoms with Crippen LogP contribution in [0.15, 0.2) is 0 Å². The third-order valence-corrected chi connectivity index (χ3v) is 7.94. The van der Waals surface area contributed by atoms with E-state index < -0.39 is 0 Å². The quantitative estimate of drug-likeness (QED) is 0.534. The number of rotatable bonds is 6. The lowest BCUT2D eigenvalue weighted by Crippen LogP contribution is -2.31. The minimum atomic E-state index is 0.0180. The zero-order chi connectivity index (χ0) is 16.8. The highest BCUT2D eigenvalue weighted by Crippen LogP contribution is 2.45. The molecule has 1 heteroatoms. The number of aliphatic hydroxyl groups is 1. The molecule has 0 aliphatic heterocycles. The molecule has 0 aromatic heterocycles. The Kier molecular flexibility index (Phi) is 7.50. The molecular weight excluding hydrogens is 292 g/mol. The van der Waals surface area contributed by atoms with Gasteiger partial charge in [0.15, 0.2) is 0 Å². The zero-order valence-electron chi connectivity index (χ0n) is 16.2. The van der Waals surface area contributed by atoms with Crippen molar-refractivity contribution in [1.29, 1.82) is 0 Å². The average Bonchev–Trinajstić information content (AvgIpc) is 2.63. The van der Waals surface area contributed by atoms with Crippen molar-refractivity contribution in [2.24, 2.45) is 29.6 Å². The molecular formula is C23H42O. The van der Waals surface area contributed by atoms with Crippen molar-refractivity contribution in [3.8, 4) is 0 Å². The molecule has 0 aromatic carbocycles. The van der Waals surface area contributed by atoms with Gasteiger partial charge >= 0.3 is 0 Å². The highest BCUT2D eigenvalue weighted by atomic mass is 16.3. The van der Waals surface area contributed by atoms with Gasteiger partial charge in [-0.1, -0.05) is 51.9 Å². The molecule has 0 saturated heterocycles. The van der Waals surface area contributed by atoms with Crippen LogP contribution in [0.5, 0.6) is 0 Å². The summed E-state index contributed by atoms with van der Waals surface area (Å²) in [5, 5.41) is 9.97. The van der Waals surface area contributed by atoms with E-state index >= 15 is 0 Å². The second-order valence-electron chi connectivity index (χ2n) is 9.53. The van der Waals surface area contributed by atoms with E-state index in [1.165, 1.54) is 89.9 Å². The van der Waals surface area contributed by atoms with Gasteiger partial charge in [-0.25, -0.2) is 0 Å². The molecule has 3 saturated carbocycles. The summed E-state index contributed by atoms with van der Waals surface area (Å²) in [6.07, 6.45) is 22.7. The van der Waals surface area contributed by atoms with Gasteiger partial charge in [-0.3, -0.25) is 0 Å². The fraction of sp³-hybridized carbons (Fsp3) is 1.00. The zero-order valence-corrected chi connectivity index (χ0v) is 16.2. The number of hydrogen-bond acceptors (Lipinski definition) is 1. The van der Waals surface area contributed by atoms with E-state index in [0.29, 0.717) is 0 Å². The van der Waals surface area contributed by atoms with E-state index in [4.69, 9.17) is 0 Å². The topological polar surface area (TPSA) is 20.2 Å². The predicted molar refractivity (Wildman–Crippen MR) is 103 cm³/mol. The fourth-order valence-corrected chi connectivity index (χ4v) is 6.35. The largest absolute Gasteiger partial charge is 0.393 e. The standard InChI is InChI=1S/C23H42O/c1-2-3-4-6-18-9-11-19(12-10-18)20-13-15-21(16-14-20)22-7-5-8-23(24)17-22/h18-24H,2-17H2,1H3. The van der Waals surface area contributed by atoms with E-state index in [0.717, 1.165) is 42.4 Å². The second kappa shape index (κ2) is 9.60. The smallest absolute Gasteiger partial charge is 0.0543 e. The molecule has 0 heterocycles. The summed E-state index contributed by atoms with van der Waals surface area (Å²) >= 11 is 0. The Morgan fingerprint density at radius 2 is 1.25 bits per heavy atom. The Hall–Kier alpha value is -0.0400. The SMILES string of the molecule is CCCCCC1CCC(C2CCC(C3CCCC(O)C3)CC2)CC1. The van der Waals surface area contributed by atoms with Crippen LogP contribution in [-0.2, 0) is 0 Å². The van der Waals surface area contributed by atoms with Crippen LogP contribution in [-0.4, -0.2) is 11.2 Å². The Morgan fingerprint density at radius 1 is 0.667 bits per heavy atom. The van der Waals surface area contributed by atoms with Crippen molar-refractivity contribution in [1.82, 2.24) is 0 Å². The molecule has 3 fully saturated rings. The molecule has 2 unspecified atom stereocenters. The lowest BCUT2D eigenvalue weighted by Gasteiger charge is -2.41. The molecule has 24 heavy (non-hydrogen) atoms. The monoisotopic (exact) mass is 334 g/mol. The second-order valence-corrected chi connectivity index (χ2v) is 9.53. The first-order valence-corrected chi connectivity index (χ1v) is 11.4. The molecule has 140 valence electrons. The Bertz CT molecular complexity index is 336. The van der Waals surface area contributed by atoms with E-state index in [2.05, 4.69) is 6.92 Å². The van der Waals surface area contributed by atoms with Gasteiger partial charge in [-0.2, -0.15) is 0 Å². The highest BCUT2D eigenvalue weighted by Gasteiger charge is 2.34. The minimum absolute atomic E-state index is 0.0180. The average molecular weight is 335 g/mol. The van der Waals surface area contributed by atoms with Crippen LogP contribution in [0, 0.1) is 29.6 Å². The highest BCUT2D eigenvalue weighted by molar-refractivity contribution is 4.86. The van der Waals surface area contributed by atoms with Gasteiger partial charge in [-0.05, 0) is 87.4 Å². The van der Waals surface area contributed by atoms with Crippen LogP contribution >= 0.6 is 0 Å². The lowest BCUT2D eigenvalue weighted by atomic mass is 9.65. The molecule has 3 rings (SSSR count). The summed E-state index contributed by atoms with van der Waals surface area (Å²) in [5.74, 6) is 4.97. The van der Waals surface area contributed by atoms with Gasteiger partial charge in [0.1, 0.15) is 0 Å². The van der Waals surface area contributed by atoms with E-state index in [1.54, 1.807) is 0 Å². The van der Waals surface area contributed by atoms with Gasteiger partial charge in [0.2, 0.25) is 0 Å². The maximum absolute atomic E-state index is 9.97. The van der Waals surface area contributed by atoms with Crippen molar-refractivity contribution in [2.45, 2.75) is 116 Å². The molecule has 1 nitrogen and oxygen atoms in total. The van der Waals surface area contributed by atoms with Crippen molar-refractivity contribution in [3.05, 3.63) is 0 Å². The first-order valence-electron chi connectivity index (χ1n) is 11.4. The molecule has 0 radical (unpaired) electrons. The lowest BCUT2D eigenvalue weighted by molar-refractivity contribution is 0.0554. The molecule has 3 aliphatic carbocycles. The maximum atomic E-state index is 9.97. The van der Waals surface area contributed by atoms with Gasteiger partial charge < -0.3 is 5.11 Å². The third kappa shape index (κ3) is 5.23. The first-order chi connectivity index (χ1) is 11.8. The van der Waals surface area contributed by atoms with Gasteiger partial charge in [0.25, 0.3) is 0 Å². The van der Waals surface area contributed by atoms with Crippen LogP contribution in [0.4, 0.5) is 0 Å². The molecule has 0 amide bonds. The van der Waals surface area contributed by atoms with Crippen LogP contribution in [0.3, 0.4) is 0 Å². The number of aliphatic hydroxyl groups excluding tert-OH is 1. The molecule has 3 aliphatic rings. The summed E-state index contributed by atoms with van der Waals surface area (Å²) in [6, 6.07) is 0. The summed E-state index contributed by atoms with van der Waals surface area (Å²) in [5.41, 5.74) is 0. The predicted octanol–water partition coefficient (Wildman–Crippen LogP) is 6.73. The fourth-order valence-electron chi connectivity index (χ4n) is 6.35. The molecule has 0 aromatic rings. The first kappa shape index (κ1) is 18.7. The van der Waals surface area contributed by atoms with Gasteiger partial charge in [0.05, 0.1) is 6.10 Å². The number of unbranched alkanes of at least 4 members (excludes halogenated alkanes) is 2. The van der Waals surface area contributed by atoms with Crippen molar-refractivity contribution in [3.63, 3.8) is 0 Å². The number of hydrogen-bond donors (Lipinski definition) is 1. The van der Waals surface area contributed by atoms with Crippen molar-refractivity contribution >= 4 is 0 Å². The van der Waals surface area contributed by atoms with E-state index in [1.807, 2.05) is 0 Å². The summed E-state index contributed by atoms with van der Waals surface area (Å²) < 4.78 is 0. The normalized spacial score (nSPS) is 41.2. The Morgan fingerprint density at radius 3 is 1.83 bits per heavy atom. The summed E-state index contributed by atoms with van der Waals surface area (Å²) in [6.45, 7) is 2.32. The molecule has 2 atom stereocenters. The molecule has 0 spiro atoms. The molecule has 1 N–H and O–H groups in total. The van der Waals surface area contributed by atoms with Crippen LogP contribution < -0.4 is 0 Å². The van der Waals surface area contributed by atoms with E-state index in [9.17, 15) is 5.11 Å².